The molecule has 0 aromatic heterocycles. The first-order chi connectivity index (χ1) is 9.32. The number of rotatable bonds is 5. The fourth-order valence-corrected chi connectivity index (χ4v) is 6.05. The number of hydrogen-bond acceptors (Lipinski definition) is 5. The van der Waals surface area contributed by atoms with Gasteiger partial charge in [-0.3, -0.25) is 9.52 Å². The molecule has 2 rings (SSSR count). The van der Waals surface area contributed by atoms with Crippen LogP contribution in [0.1, 0.15) is 6.42 Å². The Labute approximate surface area is 117 Å². The Morgan fingerprint density at radius 1 is 1.15 bits per heavy atom. The van der Waals surface area contributed by atoms with Crippen LogP contribution in [0.25, 0.3) is 0 Å². The Morgan fingerprint density at radius 3 is 2.25 bits per heavy atom. The van der Waals surface area contributed by atoms with Gasteiger partial charge in [-0.15, -0.1) is 0 Å². The fraction of sp³-hybridized carbons (Fsp3) is 0.364. The molecule has 1 aliphatic heterocycles. The van der Waals surface area contributed by atoms with Crippen LogP contribution >= 0.6 is 0 Å². The SMILES string of the molecule is O=CNc1ccc(NS(=O)(=O)[C@@H]2CCS(=O)(=O)C2)cc1. The summed E-state index contributed by atoms with van der Waals surface area (Å²) in [6, 6.07) is 6.06. The molecule has 1 heterocycles. The molecular weight excluding hydrogens is 304 g/mol. The van der Waals surface area contributed by atoms with E-state index in [1.54, 1.807) is 0 Å². The lowest BCUT2D eigenvalue weighted by Crippen LogP contribution is -2.28. The van der Waals surface area contributed by atoms with Crippen molar-refractivity contribution in [2.45, 2.75) is 11.7 Å². The summed E-state index contributed by atoms with van der Waals surface area (Å²) < 4.78 is 49.1. The maximum absolute atomic E-state index is 12.1. The summed E-state index contributed by atoms with van der Waals surface area (Å²) in [6.45, 7) is 0. The zero-order valence-corrected chi connectivity index (χ0v) is 12.1. The lowest BCUT2D eigenvalue weighted by molar-refractivity contribution is -0.105. The van der Waals surface area contributed by atoms with Crippen LogP contribution in [0.15, 0.2) is 24.3 Å². The number of benzene rings is 1. The van der Waals surface area contributed by atoms with Gasteiger partial charge in [0.1, 0.15) is 0 Å². The molecule has 0 spiro atoms. The number of hydrogen-bond donors (Lipinski definition) is 2. The Morgan fingerprint density at radius 2 is 1.75 bits per heavy atom. The third-order valence-electron chi connectivity index (χ3n) is 3.00. The highest BCUT2D eigenvalue weighted by Crippen LogP contribution is 2.22. The Bertz CT molecular complexity index is 695. The smallest absolute Gasteiger partial charge is 0.236 e. The molecule has 1 aliphatic rings. The molecule has 1 atom stereocenters. The molecule has 2 N–H and O–H groups in total. The van der Waals surface area contributed by atoms with Gasteiger partial charge >= 0.3 is 0 Å². The lowest BCUT2D eigenvalue weighted by atomic mass is 10.3. The minimum atomic E-state index is -3.73. The van der Waals surface area contributed by atoms with E-state index in [4.69, 9.17) is 0 Å². The zero-order chi connectivity index (χ0) is 14.8. The van der Waals surface area contributed by atoms with E-state index in [1.165, 1.54) is 24.3 Å². The third-order valence-corrected chi connectivity index (χ3v) is 6.78. The molecule has 0 radical (unpaired) electrons. The second-order valence-electron chi connectivity index (χ2n) is 4.51. The number of nitrogens with one attached hydrogen (secondary N) is 2. The molecule has 1 saturated heterocycles. The van der Waals surface area contributed by atoms with Gasteiger partial charge in [0.25, 0.3) is 0 Å². The van der Waals surface area contributed by atoms with Gasteiger partial charge in [0.15, 0.2) is 9.84 Å². The quantitative estimate of drug-likeness (QED) is 0.753. The van der Waals surface area contributed by atoms with E-state index < -0.39 is 25.1 Å². The van der Waals surface area contributed by atoms with Crippen molar-refractivity contribution in [1.29, 1.82) is 0 Å². The molecule has 1 aromatic rings. The van der Waals surface area contributed by atoms with E-state index >= 15 is 0 Å². The minimum Gasteiger partial charge on any atom is -0.329 e. The number of amides is 1. The van der Waals surface area contributed by atoms with Gasteiger partial charge in [-0.05, 0) is 30.7 Å². The van der Waals surface area contributed by atoms with Gasteiger partial charge in [0.05, 0.1) is 16.8 Å². The molecule has 1 aromatic carbocycles. The molecule has 0 unspecified atom stereocenters. The summed E-state index contributed by atoms with van der Waals surface area (Å²) in [5.74, 6) is -0.437. The molecule has 1 amide bonds. The first kappa shape index (κ1) is 14.8. The van der Waals surface area contributed by atoms with Crippen molar-refractivity contribution < 1.29 is 21.6 Å². The molecule has 1 fully saturated rings. The van der Waals surface area contributed by atoms with Crippen molar-refractivity contribution in [2.75, 3.05) is 21.5 Å². The van der Waals surface area contributed by atoms with Crippen molar-refractivity contribution in [2.24, 2.45) is 0 Å². The van der Waals surface area contributed by atoms with Gasteiger partial charge in [0.2, 0.25) is 16.4 Å². The Balaban J connectivity index is 2.10. The van der Waals surface area contributed by atoms with Gasteiger partial charge in [-0.25, -0.2) is 16.8 Å². The molecule has 9 heteroatoms. The topological polar surface area (TPSA) is 109 Å². The molecule has 110 valence electrons. The maximum Gasteiger partial charge on any atom is 0.236 e. The van der Waals surface area contributed by atoms with E-state index in [9.17, 15) is 21.6 Å². The molecule has 0 saturated carbocycles. The number of carbonyl (C=O) groups excluding carboxylic acids is 1. The first-order valence-corrected chi connectivity index (χ1v) is 9.21. The van der Waals surface area contributed by atoms with Crippen LogP contribution < -0.4 is 10.0 Å². The minimum absolute atomic E-state index is 0.0965. The largest absolute Gasteiger partial charge is 0.329 e. The zero-order valence-electron chi connectivity index (χ0n) is 10.4. The third kappa shape index (κ3) is 3.48. The lowest BCUT2D eigenvalue weighted by Gasteiger charge is -2.12. The van der Waals surface area contributed by atoms with Gasteiger partial charge in [0, 0.05) is 11.4 Å². The molecule has 0 bridgehead atoms. The van der Waals surface area contributed by atoms with Crippen LogP contribution in [0.3, 0.4) is 0 Å². The fourth-order valence-electron chi connectivity index (χ4n) is 1.96. The van der Waals surface area contributed by atoms with Crippen molar-refractivity contribution in [1.82, 2.24) is 0 Å². The second-order valence-corrected chi connectivity index (χ2v) is 8.70. The highest BCUT2D eigenvalue weighted by atomic mass is 32.2. The normalized spacial score (nSPS) is 21.3. The van der Waals surface area contributed by atoms with E-state index in [2.05, 4.69) is 10.0 Å². The average molecular weight is 318 g/mol. The van der Waals surface area contributed by atoms with Crippen LogP contribution in [0, 0.1) is 0 Å². The van der Waals surface area contributed by atoms with Crippen LogP contribution in [0.4, 0.5) is 11.4 Å². The standard InChI is InChI=1S/C11H14N2O5S2/c14-8-12-9-1-3-10(4-2-9)13-20(17,18)11-5-6-19(15,16)7-11/h1-4,8,11,13H,5-7H2,(H,12,14)/t11-/m1/s1. The summed E-state index contributed by atoms with van der Waals surface area (Å²) in [5, 5.41) is 1.51. The van der Waals surface area contributed by atoms with Crippen molar-refractivity contribution >= 4 is 37.6 Å². The van der Waals surface area contributed by atoms with Crippen LogP contribution in [-0.4, -0.2) is 40.0 Å². The van der Waals surface area contributed by atoms with E-state index in [0.717, 1.165) is 0 Å². The number of anilines is 2. The number of sulfone groups is 1. The van der Waals surface area contributed by atoms with E-state index in [-0.39, 0.29) is 17.9 Å². The number of sulfonamides is 1. The highest BCUT2D eigenvalue weighted by Gasteiger charge is 2.37. The molecular formula is C11H14N2O5S2. The van der Waals surface area contributed by atoms with Crippen molar-refractivity contribution in [3.05, 3.63) is 24.3 Å². The van der Waals surface area contributed by atoms with Crippen LogP contribution in [0.5, 0.6) is 0 Å². The van der Waals surface area contributed by atoms with Crippen LogP contribution in [-0.2, 0) is 24.7 Å². The monoisotopic (exact) mass is 318 g/mol. The van der Waals surface area contributed by atoms with Gasteiger partial charge in [-0.1, -0.05) is 0 Å². The summed E-state index contributed by atoms with van der Waals surface area (Å²) in [4.78, 5) is 10.2. The summed E-state index contributed by atoms with van der Waals surface area (Å²) in [5.41, 5.74) is 0.858. The van der Waals surface area contributed by atoms with Gasteiger partial charge < -0.3 is 5.32 Å². The maximum atomic E-state index is 12.1. The number of carbonyl (C=O) groups is 1. The molecule has 0 aliphatic carbocycles. The highest BCUT2D eigenvalue weighted by molar-refractivity contribution is 7.97. The molecule has 20 heavy (non-hydrogen) atoms. The van der Waals surface area contributed by atoms with E-state index in [1.807, 2.05) is 0 Å². The first-order valence-electron chi connectivity index (χ1n) is 5.85. The summed E-state index contributed by atoms with van der Waals surface area (Å²) in [6.07, 6.45) is 0.630. The van der Waals surface area contributed by atoms with Crippen LogP contribution in [0.2, 0.25) is 0 Å². The molecule has 7 nitrogen and oxygen atoms in total. The van der Waals surface area contributed by atoms with Crippen molar-refractivity contribution in [3.63, 3.8) is 0 Å². The summed E-state index contributed by atoms with van der Waals surface area (Å²) in [7, 11) is -6.98. The predicted molar refractivity (Wildman–Crippen MR) is 75.7 cm³/mol. The Hall–Kier alpha value is -1.61. The van der Waals surface area contributed by atoms with E-state index in [0.29, 0.717) is 17.8 Å². The Kier molecular flexibility index (Phi) is 4.00. The summed E-state index contributed by atoms with van der Waals surface area (Å²) >= 11 is 0. The average Bonchev–Trinajstić information content (AvgIpc) is 2.73. The van der Waals surface area contributed by atoms with Crippen molar-refractivity contribution in [3.8, 4) is 0 Å². The second kappa shape index (κ2) is 5.41. The predicted octanol–water partition coefficient (Wildman–Crippen LogP) is 0.184. The van der Waals surface area contributed by atoms with Gasteiger partial charge in [-0.2, -0.15) is 0 Å².